The topological polar surface area (TPSA) is 119 Å². The first-order valence-electron chi connectivity index (χ1n) is 10.7. The maximum absolute atomic E-state index is 13.0. The smallest absolute Gasteiger partial charge is 0.338 e. The van der Waals surface area contributed by atoms with E-state index in [1.807, 2.05) is 0 Å². The number of carboxylic acid groups (broad SMARTS) is 1. The summed E-state index contributed by atoms with van der Waals surface area (Å²) in [6.45, 7) is 6.83. The molecule has 2 saturated carbocycles. The van der Waals surface area contributed by atoms with E-state index in [9.17, 15) is 24.3 Å². The van der Waals surface area contributed by atoms with Crippen molar-refractivity contribution in [3.05, 3.63) is 29.3 Å². The molecule has 0 heterocycles. The van der Waals surface area contributed by atoms with Gasteiger partial charge in [-0.3, -0.25) is 9.59 Å². The minimum Gasteiger partial charge on any atom is -0.481 e. The molecule has 0 aliphatic heterocycles. The van der Waals surface area contributed by atoms with Gasteiger partial charge in [-0.15, -0.1) is 0 Å². The number of amides is 1. The van der Waals surface area contributed by atoms with Gasteiger partial charge in [-0.25, -0.2) is 9.59 Å². The van der Waals surface area contributed by atoms with Gasteiger partial charge in [-0.1, -0.05) is 0 Å². The van der Waals surface area contributed by atoms with Crippen LogP contribution in [0, 0.1) is 23.7 Å². The molecule has 8 nitrogen and oxygen atoms in total. The van der Waals surface area contributed by atoms with E-state index in [2.05, 4.69) is 5.32 Å². The first kappa shape index (κ1) is 22.8. The second-order valence-electron chi connectivity index (χ2n) is 8.92. The summed E-state index contributed by atoms with van der Waals surface area (Å²) in [6, 6.07) is 4.22. The molecule has 0 aromatic heterocycles. The lowest BCUT2D eigenvalue weighted by Gasteiger charge is -2.27. The third-order valence-corrected chi connectivity index (χ3v) is 5.86. The monoisotopic (exact) mass is 431 g/mol. The number of rotatable bonds is 7. The molecule has 0 spiro atoms. The number of carbonyl (C=O) groups is 4. The van der Waals surface area contributed by atoms with E-state index in [0.29, 0.717) is 0 Å². The minimum atomic E-state index is -0.956. The Morgan fingerprint density at radius 3 is 1.81 bits per heavy atom. The lowest BCUT2D eigenvalue weighted by molar-refractivity contribution is -0.148. The summed E-state index contributed by atoms with van der Waals surface area (Å²) in [4.78, 5) is 49.6. The van der Waals surface area contributed by atoms with Crippen molar-refractivity contribution in [2.45, 2.75) is 59.2 Å². The summed E-state index contributed by atoms with van der Waals surface area (Å²) < 4.78 is 10.4. The number of carboxylic acids is 1. The van der Waals surface area contributed by atoms with E-state index in [4.69, 9.17) is 9.47 Å². The summed E-state index contributed by atoms with van der Waals surface area (Å²) in [5.74, 6) is -3.92. The van der Waals surface area contributed by atoms with Crippen molar-refractivity contribution in [3.8, 4) is 0 Å². The fraction of sp³-hybridized carbons (Fsp3) is 0.565. The SMILES string of the molecule is CC(C)OC(=O)c1cc(NC(=O)[C@H]2[C@H]3CC[C@@H](C3)[C@H]2C(=O)O)cc(C(=O)OC(C)C)c1. The number of hydrogen-bond donors (Lipinski definition) is 2. The highest BCUT2D eigenvalue weighted by atomic mass is 16.5. The van der Waals surface area contributed by atoms with Crippen molar-refractivity contribution >= 4 is 29.5 Å². The molecule has 4 atom stereocenters. The number of ether oxygens (including phenoxy) is 2. The van der Waals surface area contributed by atoms with Gasteiger partial charge in [0.25, 0.3) is 0 Å². The summed E-state index contributed by atoms with van der Waals surface area (Å²) >= 11 is 0. The van der Waals surface area contributed by atoms with Crippen molar-refractivity contribution in [2.24, 2.45) is 23.7 Å². The number of hydrogen-bond acceptors (Lipinski definition) is 6. The molecule has 0 unspecified atom stereocenters. The molecular formula is C23H29NO7. The zero-order valence-electron chi connectivity index (χ0n) is 18.2. The van der Waals surface area contributed by atoms with Gasteiger partial charge in [0, 0.05) is 5.69 Å². The molecule has 31 heavy (non-hydrogen) atoms. The van der Waals surface area contributed by atoms with E-state index < -0.39 is 35.7 Å². The number of aliphatic carboxylic acids is 1. The zero-order chi connectivity index (χ0) is 22.9. The van der Waals surface area contributed by atoms with Crippen LogP contribution in [0.15, 0.2) is 18.2 Å². The number of nitrogens with one attached hydrogen (secondary N) is 1. The van der Waals surface area contributed by atoms with E-state index in [0.717, 1.165) is 19.3 Å². The highest BCUT2D eigenvalue weighted by molar-refractivity contribution is 6.01. The van der Waals surface area contributed by atoms with E-state index in [1.165, 1.54) is 18.2 Å². The summed E-state index contributed by atoms with van der Waals surface area (Å²) in [5.41, 5.74) is 0.431. The molecule has 3 rings (SSSR count). The fourth-order valence-electron chi connectivity index (χ4n) is 4.75. The van der Waals surface area contributed by atoms with Crippen LogP contribution in [0.2, 0.25) is 0 Å². The van der Waals surface area contributed by atoms with Crippen LogP contribution in [0.4, 0.5) is 5.69 Å². The van der Waals surface area contributed by atoms with Gasteiger partial charge in [-0.05, 0) is 77.0 Å². The molecule has 168 valence electrons. The van der Waals surface area contributed by atoms with Crippen molar-refractivity contribution in [1.29, 1.82) is 0 Å². The van der Waals surface area contributed by atoms with Crippen LogP contribution in [-0.4, -0.2) is 41.1 Å². The van der Waals surface area contributed by atoms with Crippen molar-refractivity contribution in [1.82, 2.24) is 0 Å². The Balaban J connectivity index is 1.88. The maximum Gasteiger partial charge on any atom is 0.338 e. The average Bonchev–Trinajstić information content (AvgIpc) is 3.28. The highest BCUT2D eigenvalue weighted by Crippen LogP contribution is 2.52. The molecule has 2 aliphatic rings. The molecule has 8 heteroatoms. The third kappa shape index (κ3) is 5.06. The van der Waals surface area contributed by atoms with Crippen LogP contribution in [0.25, 0.3) is 0 Å². The zero-order valence-corrected chi connectivity index (χ0v) is 18.2. The normalized spacial score (nSPS) is 24.3. The van der Waals surface area contributed by atoms with Crippen molar-refractivity contribution in [2.75, 3.05) is 5.32 Å². The molecule has 1 amide bonds. The van der Waals surface area contributed by atoms with Gasteiger partial charge in [0.2, 0.25) is 5.91 Å². The first-order chi connectivity index (χ1) is 14.6. The Hall–Kier alpha value is -2.90. The van der Waals surface area contributed by atoms with Crippen LogP contribution in [0.5, 0.6) is 0 Å². The van der Waals surface area contributed by atoms with Crippen LogP contribution < -0.4 is 5.32 Å². The van der Waals surface area contributed by atoms with E-state index in [1.54, 1.807) is 27.7 Å². The molecule has 1 aromatic rings. The second-order valence-corrected chi connectivity index (χ2v) is 8.92. The number of fused-ring (bicyclic) bond motifs is 2. The van der Waals surface area contributed by atoms with Crippen LogP contribution in [0.1, 0.15) is 67.7 Å². The fourth-order valence-corrected chi connectivity index (χ4v) is 4.75. The Kier molecular flexibility index (Phi) is 6.67. The standard InChI is InChI=1S/C23H29NO7/c1-11(2)30-22(28)15-8-16(23(29)31-12(3)4)10-17(9-15)24-20(25)18-13-5-6-14(7-13)19(18)21(26)27/h8-14,18-19H,5-7H2,1-4H3,(H,24,25)(H,26,27)/t13-,14-,18-,19+/m0/s1. The number of benzene rings is 1. The van der Waals surface area contributed by atoms with E-state index >= 15 is 0 Å². The minimum absolute atomic E-state index is 0.0159. The third-order valence-electron chi connectivity index (χ3n) is 5.86. The first-order valence-corrected chi connectivity index (χ1v) is 10.7. The van der Waals surface area contributed by atoms with Gasteiger partial charge in [0.15, 0.2) is 0 Å². The summed E-state index contributed by atoms with van der Waals surface area (Å²) in [7, 11) is 0. The van der Waals surface area contributed by atoms with Crippen LogP contribution >= 0.6 is 0 Å². The molecule has 0 radical (unpaired) electrons. The van der Waals surface area contributed by atoms with Gasteiger partial charge >= 0.3 is 17.9 Å². The van der Waals surface area contributed by atoms with Gasteiger partial charge in [-0.2, -0.15) is 0 Å². The molecule has 2 fully saturated rings. The van der Waals surface area contributed by atoms with Crippen molar-refractivity contribution in [3.63, 3.8) is 0 Å². The molecule has 2 N–H and O–H groups in total. The van der Waals surface area contributed by atoms with E-state index in [-0.39, 0.29) is 40.9 Å². The molecule has 2 aliphatic carbocycles. The number of carbonyl (C=O) groups excluding carboxylic acids is 3. The lowest BCUT2D eigenvalue weighted by Crippen LogP contribution is -2.37. The summed E-state index contributed by atoms with van der Waals surface area (Å²) in [6.07, 6.45) is 1.68. The highest BCUT2D eigenvalue weighted by Gasteiger charge is 2.54. The van der Waals surface area contributed by atoms with Gasteiger partial charge in [0.1, 0.15) is 0 Å². The largest absolute Gasteiger partial charge is 0.481 e. The molecular weight excluding hydrogens is 402 g/mol. The maximum atomic E-state index is 13.0. The second kappa shape index (κ2) is 9.08. The Labute approximate surface area is 181 Å². The van der Waals surface area contributed by atoms with Gasteiger partial charge in [0.05, 0.1) is 35.2 Å². The lowest BCUT2D eigenvalue weighted by atomic mass is 9.78. The Morgan fingerprint density at radius 1 is 0.871 bits per heavy atom. The van der Waals surface area contributed by atoms with Crippen LogP contribution in [0.3, 0.4) is 0 Å². The molecule has 0 saturated heterocycles. The Morgan fingerprint density at radius 2 is 1.35 bits per heavy atom. The number of anilines is 1. The number of esters is 2. The molecule has 1 aromatic carbocycles. The van der Waals surface area contributed by atoms with Crippen LogP contribution in [-0.2, 0) is 19.1 Å². The summed E-state index contributed by atoms with van der Waals surface area (Å²) in [5, 5.41) is 12.4. The average molecular weight is 431 g/mol. The quantitative estimate of drug-likeness (QED) is 0.634. The Bertz CT molecular complexity index is 852. The predicted molar refractivity (Wildman–Crippen MR) is 112 cm³/mol. The predicted octanol–water partition coefficient (Wildman–Crippen LogP) is 3.50. The molecule has 2 bridgehead atoms. The van der Waals surface area contributed by atoms with Crippen molar-refractivity contribution < 1.29 is 33.8 Å². The van der Waals surface area contributed by atoms with Gasteiger partial charge < -0.3 is 19.9 Å².